The van der Waals surface area contributed by atoms with Crippen LogP contribution >= 0.6 is 34.2 Å². The first kappa shape index (κ1) is 14.3. The number of amides is 1. The van der Waals surface area contributed by atoms with E-state index >= 15 is 0 Å². The molecule has 2 nitrogen and oxygen atoms in total. The van der Waals surface area contributed by atoms with Crippen LogP contribution < -0.4 is 5.32 Å². The first-order valence-electron chi connectivity index (χ1n) is 5.88. The number of hydrogen-bond donors (Lipinski definition) is 1. The summed E-state index contributed by atoms with van der Waals surface area (Å²) >= 11 is 8.11. The fourth-order valence-electron chi connectivity index (χ4n) is 1.78. The molecule has 0 fully saturated rings. The zero-order chi connectivity index (χ0) is 13.7. The fourth-order valence-corrected chi connectivity index (χ4v) is 2.67. The largest absolute Gasteiger partial charge is 0.344 e. The Hall–Kier alpha value is -1.07. The lowest BCUT2D eigenvalue weighted by Crippen LogP contribution is -2.30. The molecule has 0 aliphatic heterocycles. The van der Waals surface area contributed by atoms with Gasteiger partial charge in [-0.15, -0.1) is 11.6 Å². The van der Waals surface area contributed by atoms with Crippen molar-refractivity contribution in [2.45, 2.75) is 6.04 Å². The SMILES string of the molecule is O=C(NC(CCl)c1ccccc1)c1ccccc1I. The second-order valence-electron chi connectivity index (χ2n) is 4.07. The van der Waals surface area contributed by atoms with Crippen LogP contribution in [0.5, 0.6) is 0 Å². The maximum Gasteiger partial charge on any atom is 0.252 e. The number of carbonyl (C=O) groups is 1. The van der Waals surface area contributed by atoms with E-state index in [1.54, 1.807) is 0 Å². The fraction of sp³-hybridized carbons (Fsp3) is 0.133. The molecule has 98 valence electrons. The first-order valence-corrected chi connectivity index (χ1v) is 7.50. The van der Waals surface area contributed by atoms with E-state index in [9.17, 15) is 4.79 Å². The highest BCUT2D eigenvalue weighted by molar-refractivity contribution is 14.1. The van der Waals surface area contributed by atoms with Gasteiger partial charge in [0.05, 0.1) is 11.6 Å². The highest BCUT2D eigenvalue weighted by Gasteiger charge is 2.16. The van der Waals surface area contributed by atoms with Gasteiger partial charge in [0.15, 0.2) is 0 Å². The Bertz CT molecular complexity index is 559. The minimum Gasteiger partial charge on any atom is -0.344 e. The molecule has 0 radical (unpaired) electrons. The van der Waals surface area contributed by atoms with Crippen molar-refractivity contribution >= 4 is 40.1 Å². The van der Waals surface area contributed by atoms with Crippen LogP contribution in [0.3, 0.4) is 0 Å². The van der Waals surface area contributed by atoms with E-state index in [1.807, 2.05) is 54.6 Å². The maximum atomic E-state index is 12.2. The van der Waals surface area contributed by atoms with Crippen LogP contribution in [0.15, 0.2) is 54.6 Å². The molecule has 4 heteroatoms. The monoisotopic (exact) mass is 385 g/mol. The lowest BCUT2D eigenvalue weighted by Gasteiger charge is -2.17. The first-order chi connectivity index (χ1) is 9.22. The van der Waals surface area contributed by atoms with E-state index in [2.05, 4.69) is 27.9 Å². The van der Waals surface area contributed by atoms with Gasteiger partial charge in [-0.3, -0.25) is 4.79 Å². The van der Waals surface area contributed by atoms with Crippen LogP contribution in [0.25, 0.3) is 0 Å². The summed E-state index contributed by atoms with van der Waals surface area (Å²) in [7, 11) is 0. The number of benzene rings is 2. The molecule has 19 heavy (non-hydrogen) atoms. The third-order valence-electron chi connectivity index (χ3n) is 2.78. The van der Waals surface area contributed by atoms with Crippen molar-refractivity contribution in [2.75, 3.05) is 5.88 Å². The molecule has 2 aromatic carbocycles. The van der Waals surface area contributed by atoms with Crippen LogP contribution in [0.4, 0.5) is 0 Å². The smallest absolute Gasteiger partial charge is 0.252 e. The van der Waals surface area contributed by atoms with Crippen molar-refractivity contribution in [3.63, 3.8) is 0 Å². The second-order valence-corrected chi connectivity index (χ2v) is 5.54. The van der Waals surface area contributed by atoms with E-state index in [-0.39, 0.29) is 11.9 Å². The number of rotatable bonds is 4. The van der Waals surface area contributed by atoms with Crippen molar-refractivity contribution in [1.82, 2.24) is 5.32 Å². The van der Waals surface area contributed by atoms with Gasteiger partial charge >= 0.3 is 0 Å². The van der Waals surface area contributed by atoms with Crippen molar-refractivity contribution in [3.05, 3.63) is 69.3 Å². The highest BCUT2D eigenvalue weighted by Crippen LogP contribution is 2.17. The van der Waals surface area contributed by atoms with E-state index in [0.29, 0.717) is 11.4 Å². The van der Waals surface area contributed by atoms with Gasteiger partial charge in [-0.1, -0.05) is 42.5 Å². The predicted molar refractivity (Wildman–Crippen MR) is 86.5 cm³/mol. The Morgan fingerprint density at radius 1 is 1.11 bits per heavy atom. The number of alkyl halides is 1. The summed E-state index contributed by atoms with van der Waals surface area (Å²) in [6.45, 7) is 0. The standard InChI is InChI=1S/C15H13ClINO/c16-10-14(11-6-2-1-3-7-11)18-15(19)12-8-4-5-9-13(12)17/h1-9,14H,10H2,(H,18,19). The Balaban J connectivity index is 2.16. The van der Waals surface area contributed by atoms with Gasteiger partial charge in [0.1, 0.15) is 0 Å². The Labute approximate surface area is 131 Å². The van der Waals surface area contributed by atoms with E-state index in [0.717, 1.165) is 9.13 Å². The Kier molecular flexibility index (Phi) is 5.22. The molecule has 1 atom stereocenters. The predicted octanol–water partition coefficient (Wildman–Crippen LogP) is 4.00. The quantitative estimate of drug-likeness (QED) is 0.625. The zero-order valence-electron chi connectivity index (χ0n) is 10.1. The molecule has 1 amide bonds. The molecule has 2 rings (SSSR count). The molecule has 0 aliphatic rings. The minimum atomic E-state index is -0.175. The van der Waals surface area contributed by atoms with E-state index in [4.69, 9.17) is 11.6 Å². The van der Waals surface area contributed by atoms with Gasteiger partial charge in [-0.05, 0) is 40.3 Å². The van der Waals surface area contributed by atoms with Crippen LogP contribution in [-0.4, -0.2) is 11.8 Å². The molecule has 0 bridgehead atoms. The van der Waals surface area contributed by atoms with Crippen LogP contribution in [0.1, 0.15) is 22.0 Å². The van der Waals surface area contributed by atoms with Crippen molar-refractivity contribution in [1.29, 1.82) is 0 Å². The number of hydrogen-bond acceptors (Lipinski definition) is 1. The summed E-state index contributed by atoms with van der Waals surface area (Å²) in [6, 6.07) is 17.1. The van der Waals surface area contributed by atoms with Crippen molar-refractivity contribution in [3.8, 4) is 0 Å². The van der Waals surface area contributed by atoms with Gasteiger partial charge in [0.25, 0.3) is 5.91 Å². The molecule has 0 aromatic heterocycles. The van der Waals surface area contributed by atoms with E-state index in [1.165, 1.54) is 0 Å². The minimum absolute atomic E-state index is 0.0977. The third-order valence-corrected chi connectivity index (χ3v) is 4.03. The maximum absolute atomic E-state index is 12.2. The molecule has 1 unspecified atom stereocenters. The number of carbonyl (C=O) groups excluding carboxylic acids is 1. The lowest BCUT2D eigenvalue weighted by atomic mass is 10.1. The van der Waals surface area contributed by atoms with Crippen molar-refractivity contribution in [2.24, 2.45) is 0 Å². The summed E-state index contributed by atoms with van der Waals surface area (Å²) < 4.78 is 0.930. The molecule has 0 saturated carbocycles. The van der Waals surface area contributed by atoms with Gasteiger partial charge in [-0.25, -0.2) is 0 Å². The zero-order valence-corrected chi connectivity index (χ0v) is 13.1. The van der Waals surface area contributed by atoms with Gasteiger partial charge < -0.3 is 5.32 Å². The topological polar surface area (TPSA) is 29.1 Å². The molecular weight excluding hydrogens is 373 g/mol. The molecule has 2 aromatic rings. The van der Waals surface area contributed by atoms with Crippen molar-refractivity contribution < 1.29 is 4.79 Å². The van der Waals surface area contributed by atoms with Crippen LogP contribution in [0, 0.1) is 3.57 Å². The summed E-state index contributed by atoms with van der Waals surface area (Å²) in [4.78, 5) is 12.2. The molecule has 1 N–H and O–H groups in total. The molecule has 0 aliphatic carbocycles. The average molecular weight is 386 g/mol. The second kappa shape index (κ2) is 6.91. The normalized spacial score (nSPS) is 11.9. The van der Waals surface area contributed by atoms with Crippen LogP contribution in [0.2, 0.25) is 0 Å². The molecule has 0 spiro atoms. The molecular formula is C15H13ClINO. The Morgan fingerprint density at radius 2 is 1.74 bits per heavy atom. The third kappa shape index (κ3) is 3.70. The van der Waals surface area contributed by atoms with Crippen LogP contribution in [-0.2, 0) is 0 Å². The van der Waals surface area contributed by atoms with Gasteiger partial charge in [0, 0.05) is 9.45 Å². The molecule has 0 saturated heterocycles. The summed E-state index contributed by atoms with van der Waals surface area (Å²) in [5.41, 5.74) is 1.69. The average Bonchev–Trinajstić information content (AvgIpc) is 2.46. The summed E-state index contributed by atoms with van der Waals surface area (Å²) in [6.07, 6.45) is 0. The highest BCUT2D eigenvalue weighted by atomic mass is 127. The Morgan fingerprint density at radius 3 is 2.37 bits per heavy atom. The lowest BCUT2D eigenvalue weighted by molar-refractivity contribution is 0.0939. The van der Waals surface area contributed by atoms with Gasteiger partial charge in [-0.2, -0.15) is 0 Å². The van der Waals surface area contributed by atoms with Gasteiger partial charge in [0.2, 0.25) is 0 Å². The summed E-state index contributed by atoms with van der Waals surface area (Å²) in [5.74, 6) is 0.249. The molecule has 0 heterocycles. The summed E-state index contributed by atoms with van der Waals surface area (Å²) in [5, 5.41) is 2.96. The number of halogens is 2. The van der Waals surface area contributed by atoms with E-state index < -0.39 is 0 Å². The number of nitrogens with one attached hydrogen (secondary N) is 1.